The molecule has 158 valence electrons. The van der Waals surface area contributed by atoms with Gasteiger partial charge in [0.2, 0.25) is 0 Å². The number of aromatic nitrogens is 1. The quantitative estimate of drug-likeness (QED) is 0.671. The van der Waals surface area contributed by atoms with Crippen LogP contribution in [0.2, 0.25) is 0 Å². The molecule has 1 aliphatic heterocycles. The molecule has 0 unspecified atom stereocenters. The third kappa shape index (κ3) is 5.04. The summed E-state index contributed by atoms with van der Waals surface area (Å²) in [4.78, 5) is 17.1. The summed E-state index contributed by atoms with van der Waals surface area (Å²) in [5.74, 6) is 0.675. The molecule has 1 aromatic heterocycles. The van der Waals surface area contributed by atoms with Crippen molar-refractivity contribution in [2.75, 3.05) is 45.6 Å². The average Bonchev–Trinajstić information content (AvgIpc) is 3.04. The highest BCUT2D eigenvalue weighted by atomic mass is 32.2. The molecule has 1 saturated heterocycles. The summed E-state index contributed by atoms with van der Waals surface area (Å²) in [5, 5.41) is 3.99. The number of sulfone groups is 1. The van der Waals surface area contributed by atoms with Crippen molar-refractivity contribution in [2.24, 2.45) is 0 Å². The number of aryl methyl sites for hydroxylation is 2. The van der Waals surface area contributed by atoms with Gasteiger partial charge in [-0.3, -0.25) is 9.69 Å². The van der Waals surface area contributed by atoms with Crippen molar-refractivity contribution in [2.45, 2.75) is 25.3 Å². The summed E-state index contributed by atoms with van der Waals surface area (Å²) in [6, 6.07) is 6.15. The number of piperazine rings is 1. The summed E-state index contributed by atoms with van der Waals surface area (Å²) in [6.45, 7) is 7.52. The van der Waals surface area contributed by atoms with Gasteiger partial charge in [0.05, 0.1) is 22.9 Å². The summed E-state index contributed by atoms with van der Waals surface area (Å²) < 4.78 is 34.5. The van der Waals surface area contributed by atoms with Gasteiger partial charge in [-0.15, -0.1) is 0 Å². The summed E-state index contributed by atoms with van der Waals surface area (Å²) in [6.07, 6.45) is 0. The lowest BCUT2D eigenvalue weighted by atomic mass is 10.1. The fourth-order valence-corrected chi connectivity index (χ4v) is 4.53. The van der Waals surface area contributed by atoms with E-state index in [1.165, 1.54) is 19.2 Å². The van der Waals surface area contributed by atoms with Crippen LogP contribution < -0.4 is 0 Å². The maximum absolute atomic E-state index is 12.8. The molecular formula is C20H27N3O5S. The topological polar surface area (TPSA) is 93.0 Å². The third-order valence-electron chi connectivity index (χ3n) is 5.24. The first kappa shape index (κ1) is 21.5. The largest absolute Gasteiger partial charge is 0.384 e. The Hall–Kier alpha value is -2.23. The van der Waals surface area contributed by atoms with Crippen LogP contribution in [-0.2, 0) is 21.1 Å². The molecule has 1 fully saturated rings. The molecule has 1 amide bonds. The summed E-state index contributed by atoms with van der Waals surface area (Å²) in [7, 11) is -1.93. The predicted octanol–water partition coefficient (Wildman–Crippen LogP) is 1.67. The van der Waals surface area contributed by atoms with E-state index in [1.807, 2.05) is 13.8 Å². The van der Waals surface area contributed by atoms with E-state index in [9.17, 15) is 13.2 Å². The second-order valence-corrected chi connectivity index (χ2v) is 9.32. The molecule has 29 heavy (non-hydrogen) atoms. The number of rotatable bonds is 7. The van der Waals surface area contributed by atoms with E-state index < -0.39 is 9.84 Å². The van der Waals surface area contributed by atoms with Gasteiger partial charge in [0, 0.05) is 51.0 Å². The molecule has 2 heterocycles. The van der Waals surface area contributed by atoms with Crippen molar-refractivity contribution in [1.29, 1.82) is 0 Å². The van der Waals surface area contributed by atoms with Crippen LogP contribution in [0.3, 0.4) is 0 Å². The molecule has 9 heteroatoms. The molecule has 0 atom stereocenters. The van der Waals surface area contributed by atoms with E-state index in [0.717, 1.165) is 36.7 Å². The number of hydrogen-bond donors (Lipinski definition) is 0. The molecule has 0 spiro atoms. The SMILES string of the molecule is COCCS(=O)(=O)c1ccc(C(=O)N2CCN(Cc3c(C)noc3C)CC2)cc1. The number of carbonyl (C=O) groups excluding carboxylic acids is 1. The number of benzene rings is 1. The van der Waals surface area contributed by atoms with Crippen LogP contribution in [0.15, 0.2) is 33.7 Å². The van der Waals surface area contributed by atoms with E-state index in [0.29, 0.717) is 18.7 Å². The van der Waals surface area contributed by atoms with Crippen LogP contribution in [0, 0.1) is 13.8 Å². The molecule has 0 N–H and O–H groups in total. The van der Waals surface area contributed by atoms with Crippen molar-refractivity contribution in [3.63, 3.8) is 0 Å². The number of amides is 1. The van der Waals surface area contributed by atoms with Crippen LogP contribution in [0.25, 0.3) is 0 Å². The highest BCUT2D eigenvalue weighted by molar-refractivity contribution is 7.91. The molecule has 2 aromatic rings. The fraction of sp³-hybridized carbons (Fsp3) is 0.500. The summed E-state index contributed by atoms with van der Waals surface area (Å²) >= 11 is 0. The van der Waals surface area contributed by atoms with Crippen molar-refractivity contribution in [1.82, 2.24) is 15.0 Å². The van der Waals surface area contributed by atoms with Crippen molar-refractivity contribution >= 4 is 15.7 Å². The molecule has 1 aromatic carbocycles. The third-order valence-corrected chi connectivity index (χ3v) is 6.93. The van der Waals surface area contributed by atoms with Gasteiger partial charge in [0.1, 0.15) is 5.76 Å². The van der Waals surface area contributed by atoms with Gasteiger partial charge in [0.15, 0.2) is 9.84 Å². The zero-order valence-electron chi connectivity index (χ0n) is 17.1. The van der Waals surface area contributed by atoms with Crippen molar-refractivity contribution in [3.8, 4) is 0 Å². The van der Waals surface area contributed by atoms with Gasteiger partial charge in [-0.05, 0) is 38.1 Å². The minimum absolute atomic E-state index is 0.0795. The Morgan fingerprint density at radius 2 is 1.79 bits per heavy atom. The number of hydrogen-bond acceptors (Lipinski definition) is 7. The highest BCUT2D eigenvalue weighted by Crippen LogP contribution is 2.18. The van der Waals surface area contributed by atoms with E-state index in [1.54, 1.807) is 17.0 Å². The van der Waals surface area contributed by atoms with Crippen LogP contribution in [-0.4, -0.2) is 74.9 Å². The maximum Gasteiger partial charge on any atom is 0.253 e. The van der Waals surface area contributed by atoms with Crippen LogP contribution in [0.5, 0.6) is 0 Å². The molecular weight excluding hydrogens is 394 g/mol. The van der Waals surface area contributed by atoms with E-state index in [-0.39, 0.29) is 23.2 Å². The second-order valence-electron chi connectivity index (χ2n) is 7.21. The first-order valence-corrected chi connectivity index (χ1v) is 11.2. The molecule has 8 nitrogen and oxygen atoms in total. The van der Waals surface area contributed by atoms with Crippen LogP contribution in [0.4, 0.5) is 0 Å². The normalized spacial score (nSPS) is 15.6. The lowest BCUT2D eigenvalue weighted by molar-refractivity contribution is 0.0627. The Morgan fingerprint density at radius 3 is 2.34 bits per heavy atom. The van der Waals surface area contributed by atoms with Gasteiger partial charge in [-0.25, -0.2) is 8.42 Å². The van der Waals surface area contributed by atoms with Gasteiger partial charge in [-0.1, -0.05) is 5.16 Å². The Balaban J connectivity index is 1.58. The van der Waals surface area contributed by atoms with Crippen molar-refractivity contribution in [3.05, 3.63) is 46.8 Å². The lowest BCUT2D eigenvalue weighted by Gasteiger charge is -2.34. The maximum atomic E-state index is 12.8. The van der Waals surface area contributed by atoms with E-state index >= 15 is 0 Å². The van der Waals surface area contributed by atoms with Gasteiger partial charge < -0.3 is 14.2 Å². The molecule has 1 aliphatic rings. The predicted molar refractivity (Wildman–Crippen MR) is 108 cm³/mol. The molecule has 0 bridgehead atoms. The van der Waals surface area contributed by atoms with Crippen molar-refractivity contribution < 1.29 is 22.5 Å². The van der Waals surface area contributed by atoms with Gasteiger partial charge in [0.25, 0.3) is 5.91 Å². The average molecular weight is 422 g/mol. The first-order valence-electron chi connectivity index (χ1n) is 9.57. The lowest BCUT2D eigenvalue weighted by Crippen LogP contribution is -2.48. The summed E-state index contributed by atoms with van der Waals surface area (Å²) in [5.41, 5.74) is 2.51. The Bertz CT molecular complexity index is 925. The standard InChI is InChI=1S/C20H27N3O5S/c1-15-19(16(2)28-21-15)14-22-8-10-23(11-9-22)20(24)17-4-6-18(7-5-17)29(25,26)13-12-27-3/h4-7H,8-14H2,1-3H3. The Morgan fingerprint density at radius 1 is 1.14 bits per heavy atom. The first-order chi connectivity index (χ1) is 13.8. The Labute approximate surface area is 171 Å². The van der Waals surface area contributed by atoms with E-state index in [2.05, 4.69) is 10.1 Å². The molecule has 0 radical (unpaired) electrons. The van der Waals surface area contributed by atoms with Crippen LogP contribution in [0.1, 0.15) is 27.4 Å². The van der Waals surface area contributed by atoms with Crippen LogP contribution >= 0.6 is 0 Å². The smallest absolute Gasteiger partial charge is 0.253 e. The molecule has 0 aliphatic carbocycles. The monoisotopic (exact) mass is 421 g/mol. The fourth-order valence-electron chi connectivity index (χ4n) is 3.36. The second kappa shape index (κ2) is 9.06. The van der Waals surface area contributed by atoms with Gasteiger partial charge in [-0.2, -0.15) is 0 Å². The zero-order valence-corrected chi connectivity index (χ0v) is 17.9. The van der Waals surface area contributed by atoms with Gasteiger partial charge >= 0.3 is 0 Å². The number of methoxy groups -OCH3 is 1. The molecule has 3 rings (SSSR count). The highest BCUT2D eigenvalue weighted by Gasteiger charge is 2.24. The van der Waals surface area contributed by atoms with E-state index in [4.69, 9.17) is 9.26 Å². The molecule has 0 saturated carbocycles. The Kier molecular flexibility index (Phi) is 6.71. The minimum Gasteiger partial charge on any atom is -0.384 e. The zero-order chi connectivity index (χ0) is 21.0. The number of ether oxygens (including phenoxy) is 1. The number of nitrogens with zero attached hydrogens (tertiary/aromatic N) is 3. The number of carbonyl (C=O) groups is 1. The minimum atomic E-state index is -3.40.